The lowest BCUT2D eigenvalue weighted by molar-refractivity contribution is 0.104. The third-order valence-electron chi connectivity index (χ3n) is 5.66. The highest BCUT2D eigenvalue weighted by Crippen LogP contribution is 2.18. The Morgan fingerprint density at radius 3 is 2.63 bits per heavy atom. The molecule has 9 nitrogen and oxygen atoms in total. The summed E-state index contributed by atoms with van der Waals surface area (Å²) in [6.07, 6.45) is 8.16. The number of nitrogens with one attached hydrogen (secondary N) is 1. The fourth-order valence-electron chi connectivity index (χ4n) is 3.64. The molecule has 0 saturated heterocycles. The van der Waals surface area contributed by atoms with Crippen LogP contribution in [0.3, 0.4) is 0 Å². The standard InChI is InChI=1S/C26H27N7O2.H2/c1-17-26(23(34)12-21(27)19-6-4-18(5-7-19)13-28-2)31-22(14-30-17)20-8-9-25(35)33(15-20)16-24-29-10-11-32(24)3;/h4-12,14-15,28H,13,16,27H2,1-3H3;1H. The van der Waals surface area contributed by atoms with Crippen LogP contribution < -0.4 is 16.6 Å². The molecule has 0 aliphatic rings. The van der Waals surface area contributed by atoms with Crippen LogP contribution in [-0.2, 0) is 20.1 Å². The van der Waals surface area contributed by atoms with Gasteiger partial charge in [-0.2, -0.15) is 0 Å². The lowest BCUT2D eigenvalue weighted by Crippen LogP contribution is -2.21. The van der Waals surface area contributed by atoms with Crippen molar-refractivity contribution in [2.45, 2.75) is 20.0 Å². The zero-order chi connectivity index (χ0) is 24.9. The van der Waals surface area contributed by atoms with Crippen LogP contribution in [0.2, 0.25) is 0 Å². The van der Waals surface area contributed by atoms with Gasteiger partial charge < -0.3 is 20.2 Å². The molecule has 0 bridgehead atoms. The van der Waals surface area contributed by atoms with E-state index < -0.39 is 0 Å². The summed E-state index contributed by atoms with van der Waals surface area (Å²) < 4.78 is 3.41. The molecule has 4 rings (SSSR count). The van der Waals surface area contributed by atoms with Crippen molar-refractivity contribution in [2.24, 2.45) is 12.8 Å². The number of hydrogen-bond acceptors (Lipinski definition) is 7. The first-order valence-electron chi connectivity index (χ1n) is 11.1. The number of aryl methyl sites for hydroxylation is 2. The van der Waals surface area contributed by atoms with Crippen molar-refractivity contribution < 1.29 is 6.22 Å². The minimum absolute atomic E-state index is 0. The van der Waals surface area contributed by atoms with Crippen molar-refractivity contribution in [1.82, 2.24) is 29.4 Å². The first kappa shape index (κ1) is 23.8. The van der Waals surface area contributed by atoms with Gasteiger partial charge in [0.25, 0.3) is 5.56 Å². The number of benzene rings is 1. The SMILES string of the molecule is CNCc1ccc(C(N)=CC(=O)c2nc(-c3ccc(=O)n(Cc4nccn4C)c3)cnc2C)cc1.[HH]. The van der Waals surface area contributed by atoms with Gasteiger partial charge in [-0.25, -0.2) is 9.97 Å². The smallest absolute Gasteiger partial charge is 0.250 e. The van der Waals surface area contributed by atoms with Crippen molar-refractivity contribution >= 4 is 11.5 Å². The fraction of sp³-hybridized carbons (Fsp3) is 0.192. The minimum atomic E-state index is -0.338. The van der Waals surface area contributed by atoms with E-state index in [1.165, 1.54) is 12.1 Å². The lowest BCUT2D eigenvalue weighted by atomic mass is 10.1. The van der Waals surface area contributed by atoms with Crippen molar-refractivity contribution in [3.8, 4) is 11.3 Å². The van der Waals surface area contributed by atoms with Gasteiger partial charge in [-0.15, -0.1) is 0 Å². The number of rotatable bonds is 8. The van der Waals surface area contributed by atoms with Crippen molar-refractivity contribution in [3.63, 3.8) is 0 Å². The molecule has 0 atom stereocenters. The number of allylic oxidation sites excluding steroid dienone is 1. The van der Waals surface area contributed by atoms with Gasteiger partial charge in [0.05, 0.1) is 24.1 Å². The van der Waals surface area contributed by atoms with E-state index in [1.807, 2.05) is 49.1 Å². The Hall–Kier alpha value is -4.37. The largest absolute Gasteiger partial charge is 0.398 e. The fourth-order valence-corrected chi connectivity index (χ4v) is 3.64. The quantitative estimate of drug-likeness (QED) is 0.299. The number of nitrogens with zero attached hydrogens (tertiary/aromatic N) is 5. The molecular formula is C26H29N7O2. The third-order valence-corrected chi connectivity index (χ3v) is 5.66. The number of carbonyl (C=O) groups is 1. The van der Waals surface area contributed by atoms with E-state index in [9.17, 15) is 9.59 Å². The highest BCUT2D eigenvalue weighted by molar-refractivity contribution is 6.07. The van der Waals surface area contributed by atoms with Gasteiger partial charge in [-0.05, 0) is 31.2 Å². The number of ketones is 1. The van der Waals surface area contributed by atoms with E-state index in [-0.39, 0.29) is 18.5 Å². The van der Waals surface area contributed by atoms with E-state index in [1.54, 1.807) is 36.1 Å². The molecule has 180 valence electrons. The van der Waals surface area contributed by atoms with E-state index in [0.29, 0.717) is 29.2 Å². The van der Waals surface area contributed by atoms with E-state index >= 15 is 0 Å². The molecule has 0 fully saturated rings. The first-order valence-corrected chi connectivity index (χ1v) is 11.1. The molecule has 0 spiro atoms. The Kier molecular flexibility index (Phi) is 6.98. The van der Waals surface area contributed by atoms with Crippen LogP contribution in [0.1, 0.15) is 34.6 Å². The molecule has 3 aromatic heterocycles. The highest BCUT2D eigenvalue weighted by atomic mass is 16.1. The maximum atomic E-state index is 13.0. The molecule has 3 heterocycles. The van der Waals surface area contributed by atoms with Crippen molar-refractivity contribution in [1.29, 1.82) is 0 Å². The van der Waals surface area contributed by atoms with Crippen LogP contribution in [-0.4, -0.2) is 36.9 Å². The van der Waals surface area contributed by atoms with Gasteiger partial charge in [0.15, 0.2) is 0 Å². The lowest BCUT2D eigenvalue weighted by Gasteiger charge is -2.10. The maximum Gasteiger partial charge on any atom is 0.250 e. The van der Waals surface area contributed by atoms with Crippen molar-refractivity contribution in [2.75, 3.05) is 7.05 Å². The molecule has 0 aliphatic heterocycles. The van der Waals surface area contributed by atoms with Gasteiger partial charge >= 0.3 is 0 Å². The predicted octanol–water partition coefficient (Wildman–Crippen LogP) is 2.54. The Balaban J connectivity index is 0.00000361. The summed E-state index contributed by atoms with van der Waals surface area (Å²) >= 11 is 0. The molecule has 0 radical (unpaired) electrons. The average Bonchev–Trinajstić information content (AvgIpc) is 3.25. The predicted molar refractivity (Wildman–Crippen MR) is 137 cm³/mol. The van der Waals surface area contributed by atoms with E-state index in [2.05, 4.69) is 20.3 Å². The molecular weight excluding hydrogens is 442 g/mol. The normalized spacial score (nSPS) is 11.6. The number of aromatic nitrogens is 5. The molecule has 0 saturated carbocycles. The molecule has 4 aromatic rings. The van der Waals surface area contributed by atoms with Crippen LogP contribution in [0.15, 0.2) is 72.1 Å². The van der Waals surface area contributed by atoms with Gasteiger partial charge in [0.1, 0.15) is 11.5 Å². The summed E-state index contributed by atoms with van der Waals surface area (Å²) in [6.45, 7) is 2.79. The molecule has 0 unspecified atom stereocenters. The Morgan fingerprint density at radius 2 is 1.94 bits per heavy atom. The second-order valence-electron chi connectivity index (χ2n) is 8.22. The summed E-state index contributed by atoms with van der Waals surface area (Å²) in [4.78, 5) is 38.6. The monoisotopic (exact) mass is 471 g/mol. The molecule has 0 aliphatic carbocycles. The average molecular weight is 472 g/mol. The number of pyridine rings is 1. The Bertz CT molecular complexity index is 1460. The zero-order valence-corrected chi connectivity index (χ0v) is 19.9. The highest BCUT2D eigenvalue weighted by Gasteiger charge is 2.14. The third kappa shape index (κ3) is 5.42. The Morgan fingerprint density at radius 1 is 1.17 bits per heavy atom. The Labute approximate surface area is 204 Å². The van der Waals surface area contributed by atoms with E-state index in [0.717, 1.165) is 23.5 Å². The van der Waals surface area contributed by atoms with Crippen LogP contribution in [0.5, 0.6) is 0 Å². The number of nitrogens with two attached hydrogens (primary N) is 1. The second-order valence-corrected chi connectivity index (χ2v) is 8.22. The molecule has 3 N–H and O–H groups in total. The molecule has 1 aromatic carbocycles. The summed E-state index contributed by atoms with van der Waals surface area (Å²) in [6, 6.07) is 10.8. The van der Waals surface area contributed by atoms with Gasteiger partial charge in [0, 0.05) is 57.0 Å². The van der Waals surface area contributed by atoms with Crippen LogP contribution in [0.25, 0.3) is 17.0 Å². The van der Waals surface area contributed by atoms with Gasteiger partial charge in [-0.3, -0.25) is 14.6 Å². The number of hydrogen-bond donors (Lipinski definition) is 2. The van der Waals surface area contributed by atoms with Crippen LogP contribution >= 0.6 is 0 Å². The van der Waals surface area contributed by atoms with Crippen molar-refractivity contribution in [3.05, 3.63) is 106 Å². The summed E-state index contributed by atoms with van der Waals surface area (Å²) in [7, 11) is 3.75. The topological polar surface area (TPSA) is 121 Å². The summed E-state index contributed by atoms with van der Waals surface area (Å²) in [5, 5.41) is 3.09. The van der Waals surface area contributed by atoms with E-state index in [4.69, 9.17) is 5.73 Å². The zero-order valence-electron chi connectivity index (χ0n) is 19.9. The molecule has 9 heteroatoms. The van der Waals surface area contributed by atoms with Gasteiger partial charge in [0.2, 0.25) is 5.78 Å². The number of imidazole rings is 1. The molecule has 0 amide bonds. The maximum absolute atomic E-state index is 13.0. The summed E-state index contributed by atoms with van der Waals surface area (Å²) in [5.74, 6) is 0.407. The first-order chi connectivity index (χ1) is 16.9. The van der Waals surface area contributed by atoms with Gasteiger partial charge in [-0.1, -0.05) is 24.3 Å². The minimum Gasteiger partial charge on any atom is -0.398 e. The summed E-state index contributed by atoms with van der Waals surface area (Å²) in [5.41, 5.74) is 10.1. The molecule has 35 heavy (non-hydrogen) atoms. The second kappa shape index (κ2) is 10.3. The number of carbonyl (C=O) groups excluding carboxylic acids is 1. The van der Waals surface area contributed by atoms with Crippen LogP contribution in [0.4, 0.5) is 0 Å². The van der Waals surface area contributed by atoms with Crippen LogP contribution in [0, 0.1) is 6.92 Å².